The van der Waals surface area contributed by atoms with Crippen molar-refractivity contribution in [3.8, 4) is 0 Å². The van der Waals surface area contributed by atoms with Crippen LogP contribution in [0.5, 0.6) is 0 Å². The zero-order valence-corrected chi connectivity index (χ0v) is 7.89. The molecular formula is C9H16O2. The van der Waals surface area contributed by atoms with Crippen molar-refractivity contribution in [1.82, 2.24) is 0 Å². The summed E-state index contributed by atoms with van der Waals surface area (Å²) in [4.78, 5) is 21.8. The summed E-state index contributed by atoms with van der Waals surface area (Å²) < 4.78 is 0. The molecule has 0 heterocycles. The molecule has 0 amide bonds. The predicted molar refractivity (Wildman–Crippen MR) is 44.3 cm³/mol. The van der Waals surface area contributed by atoms with Crippen LogP contribution >= 0.6 is 0 Å². The van der Waals surface area contributed by atoms with Crippen LogP contribution in [0.25, 0.3) is 0 Å². The van der Waals surface area contributed by atoms with Crippen LogP contribution in [0.1, 0.15) is 34.6 Å². The zero-order valence-electron chi connectivity index (χ0n) is 7.89. The van der Waals surface area contributed by atoms with Crippen molar-refractivity contribution in [1.29, 1.82) is 0 Å². The lowest BCUT2D eigenvalue weighted by Gasteiger charge is -2.24. The van der Waals surface area contributed by atoms with E-state index < -0.39 is 0 Å². The molecule has 0 rings (SSSR count). The van der Waals surface area contributed by atoms with Gasteiger partial charge in [-0.25, -0.2) is 0 Å². The van der Waals surface area contributed by atoms with Gasteiger partial charge in [0.05, 0.1) is 0 Å². The minimum absolute atomic E-state index is 0.108. The van der Waals surface area contributed by atoms with Gasteiger partial charge in [-0.1, -0.05) is 27.7 Å². The molecule has 0 bridgehead atoms. The Hall–Kier alpha value is -0.660. The molecule has 0 saturated heterocycles. The minimum Gasteiger partial charge on any atom is -0.291 e. The molecule has 0 spiro atoms. The summed E-state index contributed by atoms with van der Waals surface area (Å²) in [7, 11) is 0. The first-order valence-electron chi connectivity index (χ1n) is 3.81. The van der Waals surface area contributed by atoms with Crippen molar-refractivity contribution in [2.45, 2.75) is 34.6 Å². The van der Waals surface area contributed by atoms with Gasteiger partial charge < -0.3 is 0 Å². The monoisotopic (exact) mass is 156 g/mol. The van der Waals surface area contributed by atoms with E-state index >= 15 is 0 Å². The molecule has 0 aromatic rings. The molecule has 0 unspecified atom stereocenters. The van der Waals surface area contributed by atoms with E-state index in [4.69, 9.17) is 0 Å². The number of Topliss-reactive ketones (excluding diaryl/α,β-unsaturated/α-hetero) is 2. The maximum absolute atomic E-state index is 11.1. The Balaban J connectivity index is 4.38. The van der Waals surface area contributed by atoms with E-state index in [1.165, 1.54) is 6.92 Å². The fourth-order valence-corrected chi connectivity index (χ4v) is 0.698. The van der Waals surface area contributed by atoms with Gasteiger partial charge in [-0.3, -0.25) is 9.59 Å². The van der Waals surface area contributed by atoms with E-state index in [2.05, 4.69) is 0 Å². The third-order valence-corrected chi connectivity index (χ3v) is 2.04. The predicted octanol–water partition coefficient (Wildman–Crippen LogP) is 1.83. The van der Waals surface area contributed by atoms with Crippen LogP contribution in [-0.2, 0) is 9.59 Å². The van der Waals surface area contributed by atoms with Crippen LogP contribution in [0, 0.1) is 11.3 Å². The maximum Gasteiger partial charge on any atom is 0.201 e. The molecule has 0 aliphatic rings. The molecule has 2 nitrogen and oxygen atoms in total. The van der Waals surface area contributed by atoms with E-state index in [9.17, 15) is 9.59 Å². The van der Waals surface area contributed by atoms with Gasteiger partial charge in [-0.15, -0.1) is 0 Å². The van der Waals surface area contributed by atoms with Crippen LogP contribution in [0.2, 0.25) is 0 Å². The Labute approximate surface area is 68.0 Å². The van der Waals surface area contributed by atoms with Crippen molar-refractivity contribution in [2.75, 3.05) is 0 Å². The van der Waals surface area contributed by atoms with E-state index in [-0.39, 0.29) is 22.9 Å². The average molecular weight is 156 g/mol. The van der Waals surface area contributed by atoms with E-state index in [0.717, 1.165) is 0 Å². The molecule has 1 atom stereocenters. The van der Waals surface area contributed by atoms with Crippen molar-refractivity contribution in [3.63, 3.8) is 0 Å². The highest BCUT2D eigenvalue weighted by molar-refractivity contribution is 6.37. The quantitative estimate of drug-likeness (QED) is 0.571. The number of carbonyl (C=O) groups excluding carboxylic acids is 2. The van der Waals surface area contributed by atoms with E-state index in [1.807, 2.05) is 20.8 Å². The molecule has 64 valence electrons. The minimum atomic E-state index is -0.340. The Morgan fingerprint density at radius 1 is 1.18 bits per heavy atom. The highest BCUT2D eigenvalue weighted by atomic mass is 16.2. The third kappa shape index (κ3) is 2.83. The first-order valence-corrected chi connectivity index (χ1v) is 3.81. The Bertz CT molecular complexity index is 174. The molecule has 0 radical (unpaired) electrons. The van der Waals surface area contributed by atoms with Crippen LogP contribution in [0.15, 0.2) is 0 Å². The smallest absolute Gasteiger partial charge is 0.201 e. The summed E-state index contributed by atoms with van der Waals surface area (Å²) in [5.41, 5.74) is -0.108. The summed E-state index contributed by atoms with van der Waals surface area (Å²) in [5.74, 6) is -0.787. The van der Waals surface area contributed by atoms with Gasteiger partial charge in [0, 0.05) is 12.8 Å². The van der Waals surface area contributed by atoms with Crippen molar-refractivity contribution in [2.24, 2.45) is 11.3 Å². The topological polar surface area (TPSA) is 34.1 Å². The molecule has 2 heteroatoms. The van der Waals surface area contributed by atoms with Gasteiger partial charge in [0.1, 0.15) is 0 Å². The highest BCUT2D eigenvalue weighted by Gasteiger charge is 2.28. The van der Waals surface area contributed by atoms with E-state index in [1.54, 1.807) is 6.92 Å². The molecule has 0 aromatic carbocycles. The lowest BCUT2D eigenvalue weighted by atomic mass is 9.79. The maximum atomic E-state index is 11.1. The number of ketones is 2. The SMILES string of the molecule is CC(=O)C(=O)[C@@H](C)C(C)(C)C. The fourth-order valence-electron chi connectivity index (χ4n) is 0.698. The summed E-state index contributed by atoms with van der Waals surface area (Å²) in [6.45, 7) is 8.99. The molecule has 0 aliphatic heterocycles. The number of rotatable bonds is 2. The Kier molecular flexibility index (Phi) is 2.97. The first kappa shape index (κ1) is 10.3. The van der Waals surface area contributed by atoms with Gasteiger partial charge in [-0.05, 0) is 5.41 Å². The lowest BCUT2D eigenvalue weighted by Crippen LogP contribution is -2.29. The summed E-state index contributed by atoms with van der Waals surface area (Å²) >= 11 is 0. The number of hydrogen-bond acceptors (Lipinski definition) is 2. The van der Waals surface area contributed by atoms with E-state index in [0.29, 0.717) is 0 Å². The molecule has 0 fully saturated rings. The molecule has 0 N–H and O–H groups in total. The van der Waals surface area contributed by atoms with Crippen molar-refractivity contribution < 1.29 is 9.59 Å². The second-order valence-corrected chi connectivity index (χ2v) is 4.01. The summed E-state index contributed by atoms with van der Waals surface area (Å²) in [5, 5.41) is 0. The average Bonchev–Trinajstić information content (AvgIpc) is 1.82. The highest BCUT2D eigenvalue weighted by Crippen LogP contribution is 2.25. The summed E-state index contributed by atoms with van der Waals surface area (Å²) in [6.07, 6.45) is 0. The fraction of sp³-hybridized carbons (Fsp3) is 0.778. The zero-order chi connectivity index (χ0) is 9.23. The van der Waals surface area contributed by atoms with Gasteiger partial charge >= 0.3 is 0 Å². The molecular weight excluding hydrogens is 140 g/mol. The second kappa shape index (κ2) is 3.16. The Morgan fingerprint density at radius 3 is 1.64 bits per heavy atom. The number of carbonyl (C=O) groups is 2. The lowest BCUT2D eigenvalue weighted by molar-refractivity contribution is -0.139. The normalized spacial score (nSPS) is 14.3. The molecule has 0 saturated carbocycles. The summed E-state index contributed by atoms with van der Waals surface area (Å²) in [6, 6.07) is 0. The van der Waals surface area contributed by atoms with Crippen molar-refractivity contribution in [3.05, 3.63) is 0 Å². The second-order valence-electron chi connectivity index (χ2n) is 4.01. The molecule has 0 aliphatic carbocycles. The molecule has 0 aromatic heterocycles. The Morgan fingerprint density at radius 2 is 1.55 bits per heavy atom. The van der Waals surface area contributed by atoms with Crippen LogP contribution < -0.4 is 0 Å². The van der Waals surface area contributed by atoms with Crippen LogP contribution in [0.3, 0.4) is 0 Å². The van der Waals surface area contributed by atoms with Gasteiger partial charge in [-0.2, -0.15) is 0 Å². The first-order chi connectivity index (χ1) is 4.76. The van der Waals surface area contributed by atoms with Gasteiger partial charge in [0.2, 0.25) is 5.78 Å². The van der Waals surface area contributed by atoms with Crippen LogP contribution in [0.4, 0.5) is 0 Å². The third-order valence-electron chi connectivity index (χ3n) is 2.04. The standard InChI is InChI=1S/C9H16O2/c1-6(9(3,4)5)8(11)7(2)10/h6H,1-5H3/t6-/m1/s1. The van der Waals surface area contributed by atoms with Crippen LogP contribution in [-0.4, -0.2) is 11.6 Å². The van der Waals surface area contributed by atoms with Gasteiger partial charge in [0.25, 0.3) is 0 Å². The molecule has 11 heavy (non-hydrogen) atoms. The van der Waals surface area contributed by atoms with Crippen molar-refractivity contribution >= 4 is 11.6 Å². The number of hydrogen-bond donors (Lipinski definition) is 0. The van der Waals surface area contributed by atoms with Gasteiger partial charge in [0.15, 0.2) is 5.78 Å². The largest absolute Gasteiger partial charge is 0.291 e.